The molecule has 1 aromatic rings. The Hall–Kier alpha value is -1.95. The Bertz CT molecular complexity index is 521. The van der Waals surface area contributed by atoms with Gasteiger partial charge >= 0.3 is 6.03 Å². The number of benzene rings is 1. The molecule has 1 saturated heterocycles. The first-order valence-electron chi connectivity index (χ1n) is 8.02. The van der Waals surface area contributed by atoms with Crippen LogP contribution in [-0.4, -0.2) is 56.5 Å². The normalized spacial score (nSPS) is 17.7. The predicted octanol–water partition coefficient (Wildman–Crippen LogP) is 1.66. The first kappa shape index (κ1) is 17.4. The fraction of sp³-hybridized carbons (Fsp3) is 0.588. The van der Waals surface area contributed by atoms with Crippen LogP contribution in [0.25, 0.3) is 0 Å². The second-order valence-corrected chi connectivity index (χ2v) is 5.81. The number of carbonyl (C=O) groups is 1. The van der Waals surface area contributed by atoms with Crippen LogP contribution in [0.15, 0.2) is 18.2 Å². The van der Waals surface area contributed by atoms with Crippen molar-refractivity contribution in [3.63, 3.8) is 0 Å². The van der Waals surface area contributed by atoms with Crippen molar-refractivity contribution in [3.05, 3.63) is 23.8 Å². The van der Waals surface area contributed by atoms with E-state index in [1.165, 1.54) is 0 Å². The van der Waals surface area contributed by atoms with Crippen molar-refractivity contribution in [1.82, 2.24) is 10.2 Å². The van der Waals surface area contributed by atoms with Crippen LogP contribution in [0.2, 0.25) is 0 Å². The largest absolute Gasteiger partial charge is 0.493 e. The van der Waals surface area contributed by atoms with E-state index in [4.69, 9.17) is 9.47 Å². The van der Waals surface area contributed by atoms with Crippen molar-refractivity contribution in [2.24, 2.45) is 5.92 Å². The quantitative estimate of drug-likeness (QED) is 0.835. The number of likely N-dealkylation sites (tertiary alicyclic amines) is 1. The first-order valence-corrected chi connectivity index (χ1v) is 8.02. The lowest BCUT2D eigenvalue weighted by Gasteiger charge is -2.31. The monoisotopic (exact) mass is 322 g/mol. The van der Waals surface area contributed by atoms with E-state index in [1.807, 2.05) is 18.2 Å². The SMILES string of the molecule is COc1ccc(CCNC(=O)N2CCCC(CO)C2)cc1OC. The van der Waals surface area contributed by atoms with E-state index in [0.29, 0.717) is 24.6 Å². The minimum atomic E-state index is -0.0522. The molecule has 0 saturated carbocycles. The molecule has 1 aromatic carbocycles. The van der Waals surface area contributed by atoms with Gasteiger partial charge in [0, 0.05) is 26.2 Å². The molecule has 1 aliphatic heterocycles. The Balaban J connectivity index is 1.81. The Morgan fingerprint density at radius 1 is 1.35 bits per heavy atom. The van der Waals surface area contributed by atoms with Crippen LogP contribution in [-0.2, 0) is 6.42 Å². The molecule has 2 amide bonds. The van der Waals surface area contributed by atoms with Gasteiger partial charge in [-0.05, 0) is 42.9 Å². The number of piperidine rings is 1. The van der Waals surface area contributed by atoms with E-state index in [0.717, 1.165) is 31.4 Å². The minimum absolute atomic E-state index is 0.0522. The molecule has 6 heteroatoms. The van der Waals surface area contributed by atoms with Gasteiger partial charge in [0.15, 0.2) is 11.5 Å². The lowest BCUT2D eigenvalue weighted by molar-refractivity contribution is 0.129. The molecule has 0 aliphatic carbocycles. The van der Waals surface area contributed by atoms with Crippen molar-refractivity contribution in [3.8, 4) is 11.5 Å². The number of nitrogens with one attached hydrogen (secondary N) is 1. The summed E-state index contributed by atoms with van der Waals surface area (Å²) in [6.07, 6.45) is 2.67. The Morgan fingerprint density at radius 2 is 2.13 bits per heavy atom. The van der Waals surface area contributed by atoms with E-state index in [-0.39, 0.29) is 18.6 Å². The molecule has 23 heavy (non-hydrogen) atoms. The molecule has 128 valence electrons. The molecule has 2 N–H and O–H groups in total. The lowest BCUT2D eigenvalue weighted by atomic mass is 9.99. The molecule has 1 fully saturated rings. The van der Waals surface area contributed by atoms with Gasteiger partial charge in [-0.2, -0.15) is 0 Å². The third-order valence-electron chi connectivity index (χ3n) is 4.20. The van der Waals surface area contributed by atoms with Crippen molar-refractivity contribution in [2.75, 3.05) is 40.5 Å². The van der Waals surface area contributed by atoms with Crippen LogP contribution in [0.4, 0.5) is 4.79 Å². The fourth-order valence-corrected chi connectivity index (χ4v) is 2.86. The summed E-state index contributed by atoms with van der Waals surface area (Å²) in [6, 6.07) is 5.71. The maximum absolute atomic E-state index is 12.2. The molecular formula is C17H26N2O4. The van der Waals surface area contributed by atoms with Gasteiger partial charge in [0.1, 0.15) is 0 Å². The Labute approximate surface area is 137 Å². The van der Waals surface area contributed by atoms with Crippen LogP contribution in [0.1, 0.15) is 18.4 Å². The zero-order valence-corrected chi connectivity index (χ0v) is 13.9. The summed E-state index contributed by atoms with van der Waals surface area (Å²) >= 11 is 0. The van der Waals surface area contributed by atoms with Crippen LogP contribution >= 0.6 is 0 Å². The van der Waals surface area contributed by atoms with Gasteiger partial charge in [-0.3, -0.25) is 0 Å². The number of rotatable bonds is 6. The third-order valence-corrected chi connectivity index (χ3v) is 4.20. The van der Waals surface area contributed by atoms with Crippen LogP contribution < -0.4 is 14.8 Å². The number of carbonyl (C=O) groups excluding carboxylic acids is 1. The molecule has 0 bridgehead atoms. The highest BCUT2D eigenvalue weighted by Gasteiger charge is 2.22. The summed E-state index contributed by atoms with van der Waals surface area (Å²) in [5.41, 5.74) is 1.08. The zero-order chi connectivity index (χ0) is 16.7. The first-order chi connectivity index (χ1) is 11.2. The van der Waals surface area contributed by atoms with Gasteiger partial charge in [-0.1, -0.05) is 6.07 Å². The van der Waals surface area contributed by atoms with Gasteiger partial charge in [-0.25, -0.2) is 4.79 Å². The molecular weight excluding hydrogens is 296 g/mol. The van der Waals surface area contributed by atoms with Crippen LogP contribution in [0.3, 0.4) is 0 Å². The minimum Gasteiger partial charge on any atom is -0.493 e. The van der Waals surface area contributed by atoms with Crippen molar-refractivity contribution >= 4 is 6.03 Å². The summed E-state index contributed by atoms with van der Waals surface area (Å²) < 4.78 is 10.5. The highest BCUT2D eigenvalue weighted by Crippen LogP contribution is 2.27. The fourth-order valence-electron chi connectivity index (χ4n) is 2.86. The number of ether oxygens (including phenoxy) is 2. The second kappa shape index (κ2) is 8.62. The van der Waals surface area contributed by atoms with Gasteiger partial charge in [-0.15, -0.1) is 0 Å². The van der Waals surface area contributed by atoms with Crippen molar-refractivity contribution < 1.29 is 19.4 Å². The number of aliphatic hydroxyl groups is 1. The molecule has 1 atom stereocenters. The molecule has 0 spiro atoms. The smallest absolute Gasteiger partial charge is 0.317 e. The molecule has 0 radical (unpaired) electrons. The zero-order valence-electron chi connectivity index (χ0n) is 13.9. The van der Waals surface area contributed by atoms with E-state index in [1.54, 1.807) is 19.1 Å². The number of urea groups is 1. The number of amides is 2. The molecule has 1 heterocycles. The summed E-state index contributed by atoms with van der Waals surface area (Å²) in [5, 5.41) is 12.2. The number of nitrogens with zero attached hydrogens (tertiary/aromatic N) is 1. The second-order valence-electron chi connectivity index (χ2n) is 5.81. The summed E-state index contributed by atoms with van der Waals surface area (Å²) in [7, 11) is 3.22. The lowest BCUT2D eigenvalue weighted by Crippen LogP contribution is -2.46. The predicted molar refractivity (Wildman–Crippen MR) is 88.0 cm³/mol. The van der Waals surface area contributed by atoms with Gasteiger partial charge in [0.25, 0.3) is 0 Å². The summed E-state index contributed by atoms with van der Waals surface area (Å²) in [5.74, 6) is 1.60. The third kappa shape index (κ3) is 4.76. The van der Waals surface area contributed by atoms with Crippen LogP contribution in [0, 0.1) is 5.92 Å². The Morgan fingerprint density at radius 3 is 2.83 bits per heavy atom. The van der Waals surface area contributed by atoms with E-state index < -0.39 is 0 Å². The van der Waals surface area contributed by atoms with Crippen LogP contribution in [0.5, 0.6) is 11.5 Å². The van der Waals surface area contributed by atoms with Crippen molar-refractivity contribution in [1.29, 1.82) is 0 Å². The maximum Gasteiger partial charge on any atom is 0.317 e. The standard InChI is InChI=1S/C17H26N2O4/c1-22-15-6-5-13(10-16(15)23-2)7-8-18-17(21)19-9-3-4-14(11-19)12-20/h5-6,10,14,20H,3-4,7-9,11-12H2,1-2H3,(H,18,21). The Kier molecular flexibility index (Phi) is 6.52. The van der Waals surface area contributed by atoms with E-state index in [9.17, 15) is 9.90 Å². The number of hydrogen-bond donors (Lipinski definition) is 2. The molecule has 0 aromatic heterocycles. The summed E-state index contributed by atoms with van der Waals surface area (Å²) in [4.78, 5) is 14.0. The van der Waals surface area contributed by atoms with Crippen molar-refractivity contribution in [2.45, 2.75) is 19.3 Å². The van der Waals surface area contributed by atoms with E-state index in [2.05, 4.69) is 5.32 Å². The molecule has 2 rings (SSSR count). The highest BCUT2D eigenvalue weighted by molar-refractivity contribution is 5.74. The van der Waals surface area contributed by atoms with E-state index >= 15 is 0 Å². The molecule has 1 unspecified atom stereocenters. The summed E-state index contributed by atoms with van der Waals surface area (Å²) in [6.45, 7) is 2.11. The average Bonchev–Trinajstić information content (AvgIpc) is 2.61. The average molecular weight is 322 g/mol. The highest BCUT2D eigenvalue weighted by atomic mass is 16.5. The topological polar surface area (TPSA) is 71.0 Å². The van der Waals surface area contributed by atoms with Gasteiger partial charge < -0.3 is 24.8 Å². The maximum atomic E-state index is 12.2. The van der Waals surface area contributed by atoms with Gasteiger partial charge in [0.2, 0.25) is 0 Å². The van der Waals surface area contributed by atoms with Gasteiger partial charge in [0.05, 0.1) is 14.2 Å². The molecule has 1 aliphatic rings. The number of hydrogen-bond acceptors (Lipinski definition) is 4. The number of aliphatic hydroxyl groups excluding tert-OH is 1. The number of methoxy groups -OCH3 is 2. The molecule has 6 nitrogen and oxygen atoms in total.